The zero-order valence-electron chi connectivity index (χ0n) is 21.4. The Bertz CT molecular complexity index is 1180. The van der Waals surface area contributed by atoms with E-state index in [-0.39, 0.29) is 17.8 Å². The Kier molecular flexibility index (Phi) is 9.45. The lowest BCUT2D eigenvalue weighted by Gasteiger charge is -2.29. The Labute approximate surface area is 218 Å². The molecule has 0 atom stereocenters. The molecule has 0 aliphatic heterocycles. The summed E-state index contributed by atoms with van der Waals surface area (Å²) in [5.41, 5.74) is 3.08. The van der Waals surface area contributed by atoms with Gasteiger partial charge in [0.25, 0.3) is 0 Å². The second-order valence-corrected chi connectivity index (χ2v) is 9.64. The summed E-state index contributed by atoms with van der Waals surface area (Å²) in [4.78, 5) is 0. The van der Waals surface area contributed by atoms with E-state index in [2.05, 4.69) is 6.58 Å². The summed E-state index contributed by atoms with van der Waals surface area (Å²) in [6.45, 7) is 6.77. The normalized spacial score (nSPS) is 17.5. The van der Waals surface area contributed by atoms with Crippen molar-refractivity contribution in [2.45, 2.75) is 63.9 Å². The fraction of sp³-hybridized carbons (Fsp3) is 0.375. The van der Waals surface area contributed by atoms with Crippen LogP contribution in [0.15, 0.2) is 67.3 Å². The van der Waals surface area contributed by atoms with E-state index in [1.165, 1.54) is 6.07 Å². The number of hydrogen-bond donors (Lipinski definition) is 0. The van der Waals surface area contributed by atoms with Crippen LogP contribution in [0.25, 0.3) is 11.1 Å². The van der Waals surface area contributed by atoms with Crippen molar-refractivity contribution in [3.63, 3.8) is 0 Å². The van der Waals surface area contributed by atoms with Gasteiger partial charge in [0.15, 0.2) is 11.6 Å². The second-order valence-electron chi connectivity index (χ2n) is 9.64. The monoisotopic (exact) mass is 508 g/mol. The molecule has 0 N–H and O–H groups in total. The zero-order valence-corrected chi connectivity index (χ0v) is 21.4. The first kappa shape index (κ1) is 27.0. The van der Waals surface area contributed by atoms with Crippen molar-refractivity contribution in [2.75, 3.05) is 13.2 Å². The molecular formula is C32H35F3O2. The molecule has 1 saturated carbocycles. The van der Waals surface area contributed by atoms with E-state index < -0.39 is 11.6 Å². The largest absolute Gasteiger partial charge is 0.493 e. The van der Waals surface area contributed by atoms with Crippen molar-refractivity contribution >= 4 is 0 Å². The average Bonchev–Trinajstić information content (AvgIpc) is 2.91. The predicted molar refractivity (Wildman–Crippen MR) is 143 cm³/mol. The quantitative estimate of drug-likeness (QED) is 0.191. The predicted octanol–water partition coefficient (Wildman–Crippen LogP) is 8.57. The highest BCUT2D eigenvalue weighted by molar-refractivity contribution is 5.65. The van der Waals surface area contributed by atoms with E-state index in [9.17, 15) is 13.2 Å². The summed E-state index contributed by atoms with van der Waals surface area (Å²) in [6, 6.07) is 15.8. The van der Waals surface area contributed by atoms with E-state index in [0.717, 1.165) is 36.8 Å². The molecule has 0 spiro atoms. The summed E-state index contributed by atoms with van der Waals surface area (Å²) in [5.74, 6) is -1.27. The van der Waals surface area contributed by atoms with Crippen molar-refractivity contribution in [1.82, 2.24) is 0 Å². The minimum Gasteiger partial charge on any atom is -0.493 e. The Morgan fingerprint density at radius 2 is 1.65 bits per heavy atom. The lowest BCUT2D eigenvalue weighted by atomic mass is 9.82. The highest BCUT2D eigenvalue weighted by Crippen LogP contribution is 2.36. The van der Waals surface area contributed by atoms with E-state index in [1.54, 1.807) is 30.3 Å². The first-order chi connectivity index (χ1) is 18.0. The Balaban J connectivity index is 1.36. The van der Waals surface area contributed by atoms with Crippen LogP contribution < -0.4 is 4.74 Å². The average molecular weight is 509 g/mol. The number of aryl methyl sites for hydroxylation is 2. The van der Waals surface area contributed by atoms with Crippen LogP contribution in [-0.4, -0.2) is 19.3 Å². The van der Waals surface area contributed by atoms with Gasteiger partial charge in [0, 0.05) is 18.2 Å². The number of ether oxygens (including phenoxy) is 2. The molecule has 0 saturated heterocycles. The molecule has 2 nitrogen and oxygen atoms in total. The first-order valence-electron chi connectivity index (χ1n) is 13.2. The molecule has 0 bridgehead atoms. The van der Waals surface area contributed by atoms with Gasteiger partial charge in [-0.05, 0) is 92.2 Å². The first-order valence-corrected chi connectivity index (χ1v) is 13.2. The van der Waals surface area contributed by atoms with Crippen molar-refractivity contribution in [3.05, 3.63) is 101 Å². The lowest BCUT2D eigenvalue weighted by Crippen LogP contribution is -2.21. The van der Waals surface area contributed by atoms with Gasteiger partial charge in [-0.3, -0.25) is 0 Å². The van der Waals surface area contributed by atoms with Gasteiger partial charge in [0.1, 0.15) is 11.6 Å². The number of hydrogen-bond acceptors (Lipinski definition) is 2. The van der Waals surface area contributed by atoms with Gasteiger partial charge in [-0.15, -0.1) is 6.58 Å². The molecule has 5 heteroatoms. The Hall–Kier alpha value is -3.05. The molecule has 1 fully saturated rings. The van der Waals surface area contributed by atoms with Gasteiger partial charge in [-0.2, -0.15) is 0 Å². The summed E-state index contributed by atoms with van der Waals surface area (Å²) >= 11 is 0. The molecular weight excluding hydrogens is 473 g/mol. The molecule has 0 radical (unpaired) electrons. The SMILES string of the molecule is C=CCCOc1ccc(-c2ccc(CCc3ccc(C4CCC(OCC)CC4)c(F)c3F)cc2)c(F)c1. The molecule has 0 aromatic heterocycles. The number of benzene rings is 3. The van der Waals surface area contributed by atoms with Gasteiger partial charge in [0.2, 0.25) is 0 Å². The fourth-order valence-electron chi connectivity index (χ4n) is 5.10. The van der Waals surface area contributed by atoms with Crippen LogP contribution in [0.1, 0.15) is 61.6 Å². The summed E-state index contributed by atoms with van der Waals surface area (Å²) in [6.07, 6.45) is 7.04. The molecule has 0 unspecified atom stereocenters. The van der Waals surface area contributed by atoms with E-state index in [1.807, 2.05) is 31.2 Å². The van der Waals surface area contributed by atoms with Crippen LogP contribution in [0, 0.1) is 17.5 Å². The third-order valence-corrected chi connectivity index (χ3v) is 7.19. The highest BCUT2D eigenvalue weighted by atomic mass is 19.2. The van der Waals surface area contributed by atoms with Gasteiger partial charge >= 0.3 is 0 Å². The molecule has 0 heterocycles. The molecule has 1 aliphatic rings. The van der Waals surface area contributed by atoms with Crippen LogP contribution in [0.4, 0.5) is 13.2 Å². The minimum atomic E-state index is -0.737. The molecule has 3 aromatic rings. The molecule has 4 rings (SSSR count). The highest BCUT2D eigenvalue weighted by Gasteiger charge is 2.26. The summed E-state index contributed by atoms with van der Waals surface area (Å²) in [5, 5.41) is 0. The van der Waals surface area contributed by atoms with Crippen molar-refractivity contribution < 1.29 is 22.6 Å². The van der Waals surface area contributed by atoms with Gasteiger partial charge < -0.3 is 9.47 Å². The van der Waals surface area contributed by atoms with Crippen molar-refractivity contribution in [1.29, 1.82) is 0 Å². The summed E-state index contributed by atoms with van der Waals surface area (Å²) < 4.78 is 55.7. The molecule has 3 aromatic carbocycles. The number of halogens is 3. The van der Waals surface area contributed by atoms with E-state index in [0.29, 0.717) is 54.9 Å². The van der Waals surface area contributed by atoms with Gasteiger partial charge in [0.05, 0.1) is 12.7 Å². The Morgan fingerprint density at radius 1 is 0.892 bits per heavy atom. The van der Waals surface area contributed by atoms with Crippen LogP contribution in [-0.2, 0) is 17.6 Å². The fourth-order valence-corrected chi connectivity index (χ4v) is 5.10. The van der Waals surface area contributed by atoms with E-state index in [4.69, 9.17) is 9.47 Å². The molecule has 37 heavy (non-hydrogen) atoms. The number of rotatable bonds is 11. The third kappa shape index (κ3) is 6.84. The molecule has 1 aliphatic carbocycles. The smallest absolute Gasteiger partial charge is 0.162 e. The van der Waals surface area contributed by atoms with Gasteiger partial charge in [-0.25, -0.2) is 13.2 Å². The van der Waals surface area contributed by atoms with Crippen LogP contribution in [0.2, 0.25) is 0 Å². The maximum atomic E-state index is 15.0. The Morgan fingerprint density at radius 3 is 2.32 bits per heavy atom. The van der Waals surface area contributed by atoms with Crippen LogP contribution in [0.3, 0.4) is 0 Å². The topological polar surface area (TPSA) is 18.5 Å². The van der Waals surface area contributed by atoms with Crippen LogP contribution in [0.5, 0.6) is 5.75 Å². The maximum Gasteiger partial charge on any atom is 0.162 e. The standard InChI is InChI=1S/C32H35F3O2/c1-3-5-20-37-27-17-19-28(30(33)21-27)23-9-6-22(7-10-23)8-11-25-14-18-29(32(35)31(25)34)24-12-15-26(16-13-24)36-4-2/h3,6-7,9-10,14,17-19,21,24,26H,1,4-5,8,11-13,15-16,20H2,2H3. The zero-order chi connectivity index (χ0) is 26.2. The minimum absolute atomic E-state index is 0.0426. The van der Waals surface area contributed by atoms with E-state index >= 15 is 0 Å². The van der Waals surface area contributed by atoms with Crippen LogP contribution >= 0.6 is 0 Å². The maximum absolute atomic E-state index is 15.0. The van der Waals surface area contributed by atoms with Crippen molar-refractivity contribution in [2.24, 2.45) is 0 Å². The lowest BCUT2D eigenvalue weighted by molar-refractivity contribution is 0.0325. The van der Waals surface area contributed by atoms with Crippen molar-refractivity contribution in [3.8, 4) is 16.9 Å². The summed E-state index contributed by atoms with van der Waals surface area (Å²) in [7, 11) is 0. The second kappa shape index (κ2) is 13.0. The molecule has 196 valence electrons. The third-order valence-electron chi connectivity index (χ3n) is 7.19. The van der Waals surface area contributed by atoms with Gasteiger partial charge in [-0.1, -0.05) is 42.5 Å². The molecule has 0 amide bonds.